The Morgan fingerprint density at radius 3 is 2.00 bits per heavy atom. The van der Waals surface area contributed by atoms with Gasteiger partial charge < -0.3 is 11.5 Å². The molecular weight excluding hydrogens is 132 g/mol. The molecule has 0 saturated carbocycles. The minimum atomic E-state index is 0. The molecule has 7 heavy (non-hydrogen) atoms. The van der Waals surface area contributed by atoms with Crippen molar-refractivity contribution in [3.8, 4) is 0 Å². The first kappa shape index (κ1) is 10.2. The molecule has 4 heteroatoms. The van der Waals surface area contributed by atoms with E-state index in [2.05, 4.69) is 12.2 Å². The minimum absolute atomic E-state index is 0. The summed E-state index contributed by atoms with van der Waals surface area (Å²) in [6.07, 6.45) is 0.662. The fourth-order valence-corrected chi connectivity index (χ4v) is 0.260. The Labute approximate surface area is 54.7 Å². The summed E-state index contributed by atoms with van der Waals surface area (Å²) in [5.41, 5.74) is 10.1. The van der Waals surface area contributed by atoms with Crippen LogP contribution in [-0.4, -0.2) is 11.5 Å². The lowest BCUT2D eigenvalue weighted by atomic mass is 10.4. The summed E-state index contributed by atoms with van der Waals surface area (Å²) >= 11 is 4.49. The second-order valence-electron chi connectivity index (χ2n) is 1.00. The largest absolute Gasteiger partial charge is 0.393 e. The quantitative estimate of drug-likeness (QED) is 0.533. The zero-order chi connectivity index (χ0) is 4.99. The maximum atomic E-state index is 5.06. The molecule has 0 fully saturated rings. The van der Waals surface area contributed by atoms with E-state index in [0.717, 1.165) is 0 Å². The van der Waals surface area contributed by atoms with Crippen LogP contribution in [0.5, 0.6) is 0 Å². The number of thiocarbonyl (C=S) groups is 1. The highest BCUT2D eigenvalue weighted by Crippen LogP contribution is 1.69. The van der Waals surface area contributed by atoms with E-state index in [0.29, 0.717) is 18.0 Å². The summed E-state index contributed by atoms with van der Waals surface area (Å²) in [4.78, 5) is 0.498. The fourth-order valence-electron chi connectivity index (χ4n) is 0.142. The molecule has 0 aliphatic heterocycles. The van der Waals surface area contributed by atoms with Crippen LogP contribution in [0.25, 0.3) is 0 Å². The van der Waals surface area contributed by atoms with E-state index in [1.165, 1.54) is 0 Å². The molecular formula is C3H9ClN2S. The number of hydrogen-bond donors (Lipinski definition) is 2. The van der Waals surface area contributed by atoms with Crippen molar-refractivity contribution in [2.75, 3.05) is 6.54 Å². The lowest BCUT2D eigenvalue weighted by Crippen LogP contribution is -2.13. The van der Waals surface area contributed by atoms with Crippen LogP contribution in [0.2, 0.25) is 0 Å². The Balaban J connectivity index is 0. The molecule has 0 aliphatic carbocycles. The first-order valence-corrected chi connectivity index (χ1v) is 2.16. The van der Waals surface area contributed by atoms with E-state index in [-0.39, 0.29) is 12.4 Å². The zero-order valence-corrected chi connectivity index (χ0v) is 5.52. The lowest BCUT2D eigenvalue weighted by molar-refractivity contribution is 1.05. The van der Waals surface area contributed by atoms with Gasteiger partial charge in [0.2, 0.25) is 0 Å². The highest BCUT2D eigenvalue weighted by Gasteiger charge is 1.79. The first-order chi connectivity index (χ1) is 2.77. The summed E-state index contributed by atoms with van der Waals surface area (Å²) in [6, 6.07) is 0. The van der Waals surface area contributed by atoms with Crippen molar-refractivity contribution in [2.24, 2.45) is 11.5 Å². The SMILES string of the molecule is Cl.NCCC(N)=S. The standard InChI is InChI=1S/C3H8N2S.ClH/c4-2-1-3(5)6;/h1-2,4H2,(H2,5,6);1H. The average molecular weight is 141 g/mol. The van der Waals surface area contributed by atoms with Crippen molar-refractivity contribution < 1.29 is 0 Å². The van der Waals surface area contributed by atoms with Gasteiger partial charge >= 0.3 is 0 Å². The van der Waals surface area contributed by atoms with Gasteiger partial charge in [-0.15, -0.1) is 12.4 Å². The topological polar surface area (TPSA) is 52.0 Å². The van der Waals surface area contributed by atoms with Crippen molar-refractivity contribution in [1.29, 1.82) is 0 Å². The van der Waals surface area contributed by atoms with Gasteiger partial charge in [-0.3, -0.25) is 0 Å². The van der Waals surface area contributed by atoms with Crippen molar-refractivity contribution >= 4 is 29.6 Å². The van der Waals surface area contributed by atoms with Crippen molar-refractivity contribution in [2.45, 2.75) is 6.42 Å². The van der Waals surface area contributed by atoms with Crippen molar-refractivity contribution in [1.82, 2.24) is 0 Å². The predicted molar refractivity (Wildman–Crippen MR) is 37.7 cm³/mol. The molecule has 0 unspecified atom stereocenters. The number of rotatable bonds is 2. The van der Waals surface area contributed by atoms with Gasteiger partial charge in [0.1, 0.15) is 0 Å². The Morgan fingerprint density at radius 1 is 1.57 bits per heavy atom. The second-order valence-corrected chi connectivity index (χ2v) is 1.53. The van der Waals surface area contributed by atoms with Gasteiger partial charge in [0.25, 0.3) is 0 Å². The van der Waals surface area contributed by atoms with E-state index in [4.69, 9.17) is 11.5 Å². The summed E-state index contributed by atoms with van der Waals surface area (Å²) in [5.74, 6) is 0. The third kappa shape index (κ3) is 10.7. The molecule has 44 valence electrons. The predicted octanol–water partition coefficient (Wildman–Crippen LogP) is 0.0431. The van der Waals surface area contributed by atoms with Crippen LogP contribution in [0.4, 0.5) is 0 Å². The Morgan fingerprint density at radius 2 is 2.00 bits per heavy atom. The zero-order valence-electron chi connectivity index (χ0n) is 3.89. The highest BCUT2D eigenvalue weighted by molar-refractivity contribution is 7.80. The van der Waals surface area contributed by atoms with Gasteiger partial charge in [-0.25, -0.2) is 0 Å². The van der Waals surface area contributed by atoms with Gasteiger partial charge in [0, 0.05) is 6.42 Å². The molecule has 0 aromatic rings. The summed E-state index contributed by atoms with van der Waals surface area (Å²) in [7, 11) is 0. The van der Waals surface area contributed by atoms with Gasteiger partial charge in [0.15, 0.2) is 0 Å². The van der Waals surface area contributed by atoms with Gasteiger partial charge in [0.05, 0.1) is 4.99 Å². The molecule has 0 radical (unpaired) electrons. The van der Waals surface area contributed by atoms with E-state index in [1.807, 2.05) is 0 Å². The number of hydrogen-bond acceptors (Lipinski definition) is 2. The summed E-state index contributed by atoms with van der Waals surface area (Å²) < 4.78 is 0. The molecule has 0 rings (SSSR count). The van der Waals surface area contributed by atoms with Crippen LogP contribution >= 0.6 is 24.6 Å². The van der Waals surface area contributed by atoms with Crippen molar-refractivity contribution in [3.63, 3.8) is 0 Å². The van der Waals surface area contributed by atoms with Crippen LogP contribution in [0, 0.1) is 0 Å². The average Bonchev–Trinajstić information content (AvgIpc) is 1.35. The normalized spacial score (nSPS) is 7.00. The van der Waals surface area contributed by atoms with Crippen LogP contribution in [0.3, 0.4) is 0 Å². The maximum Gasteiger partial charge on any atom is 0.0740 e. The molecule has 0 aromatic carbocycles. The molecule has 0 amide bonds. The first-order valence-electron chi connectivity index (χ1n) is 1.75. The molecule has 0 bridgehead atoms. The monoisotopic (exact) mass is 140 g/mol. The van der Waals surface area contributed by atoms with Gasteiger partial charge in [-0.2, -0.15) is 0 Å². The Bertz CT molecular complexity index is 56.9. The molecule has 0 aliphatic rings. The summed E-state index contributed by atoms with van der Waals surface area (Å²) in [6.45, 7) is 0.565. The van der Waals surface area contributed by atoms with E-state index < -0.39 is 0 Å². The molecule has 2 nitrogen and oxygen atoms in total. The van der Waals surface area contributed by atoms with Crippen LogP contribution in [0.1, 0.15) is 6.42 Å². The molecule has 0 heterocycles. The summed E-state index contributed by atoms with van der Waals surface area (Å²) in [5, 5.41) is 0. The molecule has 0 spiro atoms. The van der Waals surface area contributed by atoms with Gasteiger partial charge in [-0.1, -0.05) is 12.2 Å². The maximum absolute atomic E-state index is 5.06. The lowest BCUT2D eigenvalue weighted by Gasteiger charge is -1.86. The minimum Gasteiger partial charge on any atom is -0.393 e. The van der Waals surface area contributed by atoms with E-state index in [1.54, 1.807) is 0 Å². The van der Waals surface area contributed by atoms with Crippen LogP contribution in [0.15, 0.2) is 0 Å². The van der Waals surface area contributed by atoms with Gasteiger partial charge in [-0.05, 0) is 6.54 Å². The second kappa shape index (κ2) is 6.14. The Kier molecular flexibility index (Phi) is 8.94. The smallest absolute Gasteiger partial charge is 0.0740 e. The molecule has 0 saturated heterocycles. The third-order valence-corrected chi connectivity index (χ3v) is 0.595. The third-order valence-electron chi connectivity index (χ3n) is 0.391. The number of halogens is 1. The molecule has 4 N–H and O–H groups in total. The number of nitrogens with two attached hydrogens (primary N) is 2. The Hall–Kier alpha value is 0.140. The van der Waals surface area contributed by atoms with E-state index >= 15 is 0 Å². The highest BCUT2D eigenvalue weighted by atomic mass is 35.5. The van der Waals surface area contributed by atoms with E-state index in [9.17, 15) is 0 Å². The van der Waals surface area contributed by atoms with Crippen LogP contribution in [-0.2, 0) is 0 Å². The van der Waals surface area contributed by atoms with Crippen LogP contribution < -0.4 is 11.5 Å². The molecule has 0 atom stereocenters. The van der Waals surface area contributed by atoms with Crippen molar-refractivity contribution in [3.05, 3.63) is 0 Å². The fraction of sp³-hybridized carbons (Fsp3) is 0.667. The molecule has 0 aromatic heterocycles.